The molecule has 0 aliphatic carbocycles. The predicted octanol–water partition coefficient (Wildman–Crippen LogP) is 1.56. The number of nitrogens with zero attached hydrogens (tertiary/aromatic N) is 1. The van der Waals surface area contributed by atoms with E-state index < -0.39 is 0 Å². The maximum absolute atomic E-state index is 13.9. The van der Waals surface area contributed by atoms with E-state index in [0.29, 0.717) is 18.2 Å². The average molecular weight is 296 g/mol. The van der Waals surface area contributed by atoms with Crippen LogP contribution in [0.25, 0.3) is 0 Å². The number of morpholine rings is 1. The maximum atomic E-state index is 13.9. The van der Waals surface area contributed by atoms with Crippen LogP contribution in [0.4, 0.5) is 4.39 Å². The molecule has 5 heteroatoms. The van der Waals surface area contributed by atoms with E-state index in [1.54, 1.807) is 6.07 Å². The maximum Gasteiger partial charge on any atom is 0.127 e. The molecule has 4 nitrogen and oxygen atoms in total. The first kappa shape index (κ1) is 16.4. The quantitative estimate of drug-likeness (QED) is 0.836. The van der Waals surface area contributed by atoms with Crippen molar-refractivity contribution in [3.8, 4) is 0 Å². The Bertz CT molecular complexity index is 444. The van der Waals surface area contributed by atoms with Crippen molar-refractivity contribution in [2.45, 2.75) is 31.5 Å². The summed E-state index contributed by atoms with van der Waals surface area (Å²) in [5.74, 6) is -0.167. The zero-order valence-electron chi connectivity index (χ0n) is 12.8. The summed E-state index contributed by atoms with van der Waals surface area (Å²) in [6.45, 7) is 4.37. The number of halogens is 1. The largest absolute Gasteiger partial charge is 0.394 e. The van der Waals surface area contributed by atoms with Crippen LogP contribution < -0.4 is 5.32 Å². The van der Waals surface area contributed by atoms with E-state index in [-0.39, 0.29) is 24.6 Å². The highest BCUT2D eigenvalue weighted by Crippen LogP contribution is 2.21. The molecule has 0 aromatic heterocycles. The van der Waals surface area contributed by atoms with Gasteiger partial charge in [-0.2, -0.15) is 0 Å². The van der Waals surface area contributed by atoms with Gasteiger partial charge in [-0.1, -0.05) is 18.2 Å². The summed E-state index contributed by atoms with van der Waals surface area (Å²) < 4.78 is 19.4. The van der Waals surface area contributed by atoms with Crippen molar-refractivity contribution >= 4 is 0 Å². The molecule has 1 heterocycles. The van der Waals surface area contributed by atoms with E-state index in [4.69, 9.17) is 4.74 Å². The third-order valence-electron chi connectivity index (χ3n) is 4.17. The summed E-state index contributed by atoms with van der Waals surface area (Å²) in [6, 6.07) is 7.22. The average Bonchev–Trinajstić information content (AvgIpc) is 2.51. The minimum atomic E-state index is -0.167. The van der Waals surface area contributed by atoms with Gasteiger partial charge in [0.15, 0.2) is 0 Å². The Balaban J connectivity index is 1.95. The number of nitrogens with one attached hydrogen (secondary N) is 1. The first-order valence-electron chi connectivity index (χ1n) is 7.54. The lowest BCUT2D eigenvalue weighted by atomic mass is 10.0. The van der Waals surface area contributed by atoms with E-state index in [1.807, 2.05) is 19.2 Å². The third kappa shape index (κ3) is 4.23. The molecule has 1 aromatic rings. The summed E-state index contributed by atoms with van der Waals surface area (Å²) in [4.78, 5) is 2.30. The fourth-order valence-electron chi connectivity index (χ4n) is 2.81. The Morgan fingerprint density at radius 3 is 2.90 bits per heavy atom. The summed E-state index contributed by atoms with van der Waals surface area (Å²) in [6.07, 6.45) is 0.711. The standard InChI is InChI=1S/C16H25FN2O2/c1-12-11-21-13(10-20)9-19(12)8-7-16(18-2)14-5-3-4-6-15(14)17/h3-6,12-13,16,18,20H,7-11H2,1-2H3. The van der Waals surface area contributed by atoms with Gasteiger partial charge < -0.3 is 15.2 Å². The second kappa shape index (κ2) is 7.84. The van der Waals surface area contributed by atoms with Crippen LogP contribution in [0.2, 0.25) is 0 Å². The normalized spacial score (nSPS) is 25.0. The van der Waals surface area contributed by atoms with Crippen LogP contribution in [-0.2, 0) is 4.74 Å². The lowest BCUT2D eigenvalue weighted by molar-refractivity contribution is -0.0784. The second-order valence-electron chi connectivity index (χ2n) is 5.63. The second-order valence-corrected chi connectivity index (χ2v) is 5.63. The highest BCUT2D eigenvalue weighted by atomic mass is 19.1. The molecule has 0 saturated carbocycles. The molecule has 0 amide bonds. The highest BCUT2D eigenvalue weighted by Gasteiger charge is 2.26. The molecule has 3 unspecified atom stereocenters. The fourth-order valence-corrected chi connectivity index (χ4v) is 2.81. The molecular formula is C16H25FN2O2. The summed E-state index contributed by atoms with van der Waals surface area (Å²) in [7, 11) is 1.86. The lowest BCUT2D eigenvalue weighted by Gasteiger charge is -2.38. The van der Waals surface area contributed by atoms with Gasteiger partial charge in [-0.25, -0.2) is 4.39 Å². The number of rotatable bonds is 6. The van der Waals surface area contributed by atoms with Gasteiger partial charge in [0, 0.05) is 30.7 Å². The van der Waals surface area contributed by atoms with Crippen LogP contribution in [0.5, 0.6) is 0 Å². The molecule has 0 bridgehead atoms. The van der Waals surface area contributed by atoms with Gasteiger partial charge in [0.1, 0.15) is 5.82 Å². The summed E-state index contributed by atoms with van der Waals surface area (Å²) in [5, 5.41) is 12.4. The van der Waals surface area contributed by atoms with Crippen molar-refractivity contribution in [3.63, 3.8) is 0 Å². The minimum Gasteiger partial charge on any atom is -0.394 e. The van der Waals surface area contributed by atoms with E-state index >= 15 is 0 Å². The van der Waals surface area contributed by atoms with E-state index in [1.165, 1.54) is 6.07 Å². The Hall–Kier alpha value is -1.01. The van der Waals surface area contributed by atoms with Crippen LogP contribution in [0.1, 0.15) is 24.9 Å². The van der Waals surface area contributed by atoms with E-state index in [2.05, 4.69) is 17.1 Å². The summed E-state index contributed by atoms with van der Waals surface area (Å²) in [5.41, 5.74) is 0.708. The SMILES string of the molecule is CNC(CCN1CC(CO)OCC1C)c1ccccc1F. The van der Waals surface area contributed by atoms with Gasteiger partial charge >= 0.3 is 0 Å². The molecule has 2 N–H and O–H groups in total. The van der Waals surface area contributed by atoms with Crippen molar-refractivity contribution in [2.24, 2.45) is 0 Å². The van der Waals surface area contributed by atoms with Crippen LogP contribution >= 0.6 is 0 Å². The fraction of sp³-hybridized carbons (Fsp3) is 0.625. The smallest absolute Gasteiger partial charge is 0.127 e. The number of ether oxygens (including phenoxy) is 1. The van der Waals surface area contributed by atoms with Gasteiger partial charge in [-0.3, -0.25) is 4.90 Å². The Morgan fingerprint density at radius 2 is 2.24 bits per heavy atom. The first-order valence-corrected chi connectivity index (χ1v) is 7.54. The van der Waals surface area contributed by atoms with Crippen molar-refractivity contribution < 1.29 is 14.2 Å². The molecule has 21 heavy (non-hydrogen) atoms. The first-order chi connectivity index (χ1) is 10.2. The Labute approximate surface area is 125 Å². The van der Waals surface area contributed by atoms with E-state index in [9.17, 15) is 9.50 Å². The van der Waals surface area contributed by atoms with Gasteiger partial charge in [-0.05, 0) is 26.5 Å². The molecular weight excluding hydrogens is 271 g/mol. The molecule has 1 aliphatic rings. The van der Waals surface area contributed by atoms with Crippen LogP contribution in [-0.4, -0.2) is 55.5 Å². The van der Waals surface area contributed by atoms with Gasteiger partial charge in [-0.15, -0.1) is 0 Å². The molecule has 1 saturated heterocycles. The molecule has 0 radical (unpaired) electrons. The zero-order valence-corrected chi connectivity index (χ0v) is 12.8. The van der Waals surface area contributed by atoms with Crippen LogP contribution in [0.15, 0.2) is 24.3 Å². The molecule has 1 fully saturated rings. The molecule has 3 atom stereocenters. The number of benzene rings is 1. The topological polar surface area (TPSA) is 44.7 Å². The van der Waals surface area contributed by atoms with Crippen molar-refractivity contribution in [2.75, 3.05) is 33.4 Å². The van der Waals surface area contributed by atoms with Crippen LogP contribution in [0, 0.1) is 5.82 Å². The highest BCUT2D eigenvalue weighted by molar-refractivity contribution is 5.21. The number of hydrogen-bond donors (Lipinski definition) is 2. The van der Waals surface area contributed by atoms with E-state index in [0.717, 1.165) is 19.5 Å². The van der Waals surface area contributed by atoms with Gasteiger partial charge in [0.2, 0.25) is 0 Å². The zero-order chi connectivity index (χ0) is 15.2. The predicted molar refractivity (Wildman–Crippen MR) is 80.7 cm³/mol. The molecule has 0 spiro atoms. The molecule has 1 aromatic carbocycles. The van der Waals surface area contributed by atoms with Gasteiger partial charge in [0.05, 0.1) is 19.3 Å². The molecule has 1 aliphatic heterocycles. The van der Waals surface area contributed by atoms with Crippen molar-refractivity contribution in [1.29, 1.82) is 0 Å². The van der Waals surface area contributed by atoms with Gasteiger partial charge in [0.25, 0.3) is 0 Å². The van der Waals surface area contributed by atoms with Crippen LogP contribution in [0.3, 0.4) is 0 Å². The molecule has 118 valence electrons. The Morgan fingerprint density at radius 1 is 1.48 bits per heavy atom. The summed E-state index contributed by atoms with van der Waals surface area (Å²) >= 11 is 0. The lowest BCUT2D eigenvalue weighted by Crippen LogP contribution is -2.50. The third-order valence-corrected chi connectivity index (χ3v) is 4.17. The Kier molecular flexibility index (Phi) is 6.11. The van der Waals surface area contributed by atoms with Crippen molar-refractivity contribution in [1.82, 2.24) is 10.2 Å². The number of aliphatic hydroxyl groups excluding tert-OH is 1. The molecule has 2 rings (SSSR count). The number of aliphatic hydroxyl groups is 1. The van der Waals surface area contributed by atoms with Crippen molar-refractivity contribution in [3.05, 3.63) is 35.6 Å². The minimum absolute atomic E-state index is 0.00572. The monoisotopic (exact) mass is 296 g/mol. The number of hydrogen-bond acceptors (Lipinski definition) is 4.